The first-order valence-electron chi connectivity index (χ1n) is 11.0. The van der Waals surface area contributed by atoms with Crippen molar-refractivity contribution in [2.75, 3.05) is 5.75 Å². The number of hydrogen-bond donors (Lipinski definition) is 1. The van der Waals surface area contributed by atoms with Crippen molar-refractivity contribution in [3.8, 4) is 0 Å². The van der Waals surface area contributed by atoms with E-state index in [-0.39, 0.29) is 17.9 Å². The van der Waals surface area contributed by atoms with E-state index in [9.17, 15) is 9.59 Å². The maximum Gasteiger partial charge on any atom is 0.243 e. The normalized spacial score (nSPS) is 12.8. The van der Waals surface area contributed by atoms with Crippen LogP contribution in [0.1, 0.15) is 51.2 Å². The first-order valence-corrected chi connectivity index (χ1v) is 12.9. The minimum atomic E-state index is -0.537. The van der Waals surface area contributed by atoms with Crippen molar-refractivity contribution in [1.29, 1.82) is 0 Å². The molecule has 32 heavy (non-hydrogen) atoms. The van der Waals surface area contributed by atoms with E-state index in [0.717, 1.165) is 17.7 Å². The topological polar surface area (TPSA) is 49.4 Å². The molecule has 0 aliphatic heterocycles. The smallest absolute Gasteiger partial charge is 0.243 e. The van der Waals surface area contributed by atoms with E-state index in [0.29, 0.717) is 35.2 Å². The summed E-state index contributed by atoms with van der Waals surface area (Å²) in [4.78, 5) is 27.9. The third kappa shape index (κ3) is 8.34. The summed E-state index contributed by atoms with van der Waals surface area (Å²) in [6.07, 6.45) is 1.73. The lowest BCUT2D eigenvalue weighted by molar-refractivity contribution is -0.141. The standard InChI is InChI=1S/C25H32Cl2N2O2S/c1-4-18(3)28-25(31)23(5-2)29(16-20-11-12-21(26)22(27)15-20)24(30)13-14-32-17-19-9-7-6-8-10-19/h6-12,15,18,23H,4-5,13-14,16-17H2,1-3H3,(H,28,31)/t18-,23+/m1/s1. The number of halogens is 2. The van der Waals surface area contributed by atoms with Crippen LogP contribution in [-0.2, 0) is 21.9 Å². The Balaban J connectivity index is 2.10. The van der Waals surface area contributed by atoms with E-state index in [1.165, 1.54) is 5.56 Å². The van der Waals surface area contributed by atoms with Crippen LogP contribution in [-0.4, -0.2) is 34.6 Å². The lowest BCUT2D eigenvalue weighted by Gasteiger charge is -2.31. The van der Waals surface area contributed by atoms with Gasteiger partial charge in [-0.1, -0.05) is 73.4 Å². The van der Waals surface area contributed by atoms with Gasteiger partial charge in [-0.3, -0.25) is 9.59 Å². The Morgan fingerprint density at radius 3 is 2.34 bits per heavy atom. The zero-order valence-electron chi connectivity index (χ0n) is 18.9. The van der Waals surface area contributed by atoms with E-state index < -0.39 is 6.04 Å². The zero-order valence-corrected chi connectivity index (χ0v) is 21.3. The zero-order chi connectivity index (χ0) is 23.5. The first kappa shape index (κ1) is 26.6. The summed E-state index contributed by atoms with van der Waals surface area (Å²) >= 11 is 14.0. The minimum absolute atomic E-state index is 0.0391. The van der Waals surface area contributed by atoms with Crippen molar-refractivity contribution in [3.05, 3.63) is 69.7 Å². The first-order chi connectivity index (χ1) is 15.3. The molecule has 0 radical (unpaired) electrons. The van der Waals surface area contributed by atoms with E-state index in [4.69, 9.17) is 23.2 Å². The molecule has 0 saturated carbocycles. The van der Waals surface area contributed by atoms with Crippen molar-refractivity contribution in [2.45, 2.75) is 64.4 Å². The second-order valence-corrected chi connectivity index (χ2v) is 9.72. The fourth-order valence-corrected chi connectivity index (χ4v) is 4.47. The van der Waals surface area contributed by atoms with Crippen LogP contribution in [0, 0.1) is 0 Å². The van der Waals surface area contributed by atoms with Crippen LogP contribution >= 0.6 is 35.0 Å². The Bertz CT molecular complexity index is 880. The van der Waals surface area contributed by atoms with Gasteiger partial charge >= 0.3 is 0 Å². The van der Waals surface area contributed by atoms with Crippen molar-refractivity contribution in [2.24, 2.45) is 0 Å². The molecule has 1 N–H and O–H groups in total. The van der Waals surface area contributed by atoms with Crippen LogP contribution < -0.4 is 5.32 Å². The molecule has 2 aromatic rings. The van der Waals surface area contributed by atoms with Crippen LogP contribution in [0.3, 0.4) is 0 Å². The van der Waals surface area contributed by atoms with Gasteiger partial charge in [0.15, 0.2) is 0 Å². The van der Waals surface area contributed by atoms with Gasteiger partial charge < -0.3 is 10.2 Å². The van der Waals surface area contributed by atoms with E-state index >= 15 is 0 Å². The Morgan fingerprint density at radius 2 is 1.72 bits per heavy atom. The predicted molar refractivity (Wildman–Crippen MR) is 136 cm³/mol. The third-order valence-electron chi connectivity index (χ3n) is 5.30. The van der Waals surface area contributed by atoms with Crippen molar-refractivity contribution in [1.82, 2.24) is 10.2 Å². The van der Waals surface area contributed by atoms with Gasteiger partial charge in [0.05, 0.1) is 10.0 Å². The summed E-state index contributed by atoms with van der Waals surface area (Å²) in [7, 11) is 0. The largest absolute Gasteiger partial charge is 0.352 e. The van der Waals surface area contributed by atoms with Gasteiger partial charge in [0, 0.05) is 30.5 Å². The van der Waals surface area contributed by atoms with Crippen LogP contribution in [0.5, 0.6) is 0 Å². The molecular weight excluding hydrogens is 463 g/mol. The number of rotatable bonds is 12. The summed E-state index contributed by atoms with van der Waals surface area (Å²) in [5, 5.41) is 3.93. The summed E-state index contributed by atoms with van der Waals surface area (Å²) < 4.78 is 0. The molecule has 0 spiro atoms. The third-order valence-corrected chi connectivity index (χ3v) is 7.06. The summed E-state index contributed by atoms with van der Waals surface area (Å²) in [5.41, 5.74) is 2.08. The number of hydrogen-bond acceptors (Lipinski definition) is 3. The van der Waals surface area contributed by atoms with E-state index in [2.05, 4.69) is 17.4 Å². The van der Waals surface area contributed by atoms with E-state index in [1.807, 2.05) is 45.0 Å². The van der Waals surface area contributed by atoms with Gasteiger partial charge in [-0.15, -0.1) is 0 Å². The van der Waals surface area contributed by atoms with Gasteiger partial charge in [0.1, 0.15) is 6.04 Å². The van der Waals surface area contributed by atoms with Crippen LogP contribution in [0.15, 0.2) is 48.5 Å². The quantitative estimate of drug-likeness (QED) is 0.350. The average Bonchev–Trinajstić information content (AvgIpc) is 2.79. The monoisotopic (exact) mass is 494 g/mol. The van der Waals surface area contributed by atoms with Gasteiger partial charge in [0.25, 0.3) is 0 Å². The molecule has 0 heterocycles. The molecular formula is C25H32Cl2N2O2S. The number of carbonyl (C=O) groups is 2. The molecule has 4 nitrogen and oxygen atoms in total. The lowest BCUT2D eigenvalue weighted by Crippen LogP contribution is -2.50. The molecule has 0 aliphatic carbocycles. The molecule has 2 atom stereocenters. The number of carbonyl (C=O) groups excluding carboxylic acids is 2. The maximum absolute atomic E-state index is 13.2. The highest BCUT2D eigenvalue weighted by Gasteiger charge is 2.29. The van der Waals surface area contributed by atoms with Gasteiger partial charge in [0.2, 0.25) is 11.8 Å². The Hall–Kier alpha value is -1.69. The summed E-state index contributed by atoms with van der Waals surface area (Å²) in [6, 6.07) is 15.0. The Labute approximate surface area is 206 Å². The molecule has 2 aromatic carbocycles. The highest BCUT2D eigenvalue weighted by atomic mass is 35.5. The minimum Gasteiger partial charge on any atom is -0.352 e. The summed E-state index contributed by atoms with van der Waals surface area (Å²) in [5.74, 6) is 1.39. The van der Waals surface area contributed by atoms with Crippen LogP contribution in [0.2, 0.25) is 10.0 Å². The SMILES string of the molecule is CC[C@@H](C)NC(=O)[C@H](CC)N(Cc1ccc(Cl)c(Cl)c1)C(=O)CCSCc1ccccc1. The second kappa shape index (κ2) is 13.8. The van der Waals surface area contributed by atoms with Gasteiger partial charge in [-0.05, 0) is 43.0 Å². The fourth-order valence-electron chi connectivity index (χ4n) is 3.26. The molecule has 174 valence electrons. The molecule has 0 unspecified atom stereocenters. The van der Waals surface area contributed by atoms with Crippen LogP contribution in [0.25, 0.3) is 0 Å². The van der Waals surface area contributed by atoms with Crippen molar-refractivity contribution in [3.63, 3.8) is 0 Å². The molecule has 0 aromatic heterocycles. The predicted octanol–water partition coefficient (Wildman–Crippen LogP) is 6.34. The van der Waals surface area contributed by atoms with Gasteiger partial charge in [-0.2, -0.15) is 11.8 Å². The molecule has 0 aliphatic rings. The van der Waals surface area contributed by atoms with E-state index in [1.54, 1.807) is 28.8 Å². The highest BCUT2D eigenvalue weighted by molar-refractivity contribution is 7.98. The lowest BCUT2D eigenvalue weighted by atomic mass is 10.1. The number of nitrogens with one attached hydrogen (secondary N) is 1. The molecule has 0 saturated heterocycles. The molecule has 2 amide bonds. The number of thioether (sulfide) groups is 1. The number of benzene rings is 2. The Morgan fingerprint density at radius 1 is 1.00 bits per heavy atom. The fraction of sp³-hybridized carbons (Fsp3) is 0.440. The van der Waals surface area contributed by atoms with Crippen LogP contribution in [0.4, 0.5) is 0 Å². The number of amides is 2. The average molecular weight is 496 g/mol. The number of nitrogens with zero attached hydrogens (tertiary/aromatic N) is 1. The molecule has 0 bridgehead atoms. The second-order valence-electron chi connectivity index (χ2n) is 7.80. The summed E-state index contributed by atoms with van der Waals surface area (Å²) in [6.45, 7) is 6.23. The molecule has 7 heteroatoms. The van der Waals surface area contributed by atoms with Crippen molar-refractivity contribution >= 4 is 46.8 Å². The molecule has 0 fully saturated rings. The van der Waals surface area contributed by atoms with Crippen molar-refractivity contribution < 1.29 is 9.59 Å². The highest BCUT2D eigenvalue weighted by Crippen LogP contribution is 2.24. The molecule has 2 rings (SSSR count). The Kier molecular flexibility index (Phi) is 11.4. The maximum atomic E-state index is 13.2. The van der Waals surface area contributed by atoms with Gasteiger partial charge in [-0.25, -0.2) is 0 Å².